The second-order valence-electron chi connectivity index (χ2n) is 7.42. The number of pyridine rings is 1. The Balaban J connectivity index is 1.73. The topological polar surface area (TPSA) is 86.9 Å². The average molecular weight is 419 g/mol. The molecule has 1 N–H and O–H groups in total. The predicted octanol–water partition coefficient (Wildman–Crippen LogP) is 3.75. The molecule has 1 atom stereocenters. The van der Waals surface area contributed by atoms with Crippen LogP contribution in [0.1, 0.15) is 36.1 Å². The molecule has 160 valence electrons. The van der Waals surface area contributed by atoms with Crippen LogP contribution in [0.15, 0.2) is 70.5 Å². The van der Waals surface area contributed by atoms with Gasteiger partial charge in [-0.15, -0.1) is 0 Å². The van der Waals surface area contributed by atoms with E-state index < -0.39 is 23.5 Å². The number of hydrogen-bond donors (Lipinski definition) is 1. The fourth-order valence-electron chi connectivity index (χ4n) is 3.98. The van der Waals surface area contributed by atoms with Gasteiger partial charge in [0.1, 0.15) is 11.6 Å². The van der Waals surface area contributed by atoms with Crippen LogP contribution in [0.3, 0.4) is 0 Å². The quantitative estimate of drug-likeness (QED) is 0.560. The van der Waals surface area contributed by atoms with E-state index in [-0.39, 0.29) is 11.3 Å². The molecule has 31 heavy (non-hydrogen) atoms. The molecule has 0 bridgehead atoms. The van der Waals surface area contributed by atoms with Crippen LogP contribution in [0, 0.1) is 0 Å². The van der Waals surface area contributed by atoms with Crippen LogP contribution < -0.4 is 0 Å². The van der Waals surface area contributed by atoms with E-state index in [0.29, 0.717) is 24.4 Å². The molecule has 1 aliphatic heterocycles. The van der Waals surface area contributed by atoms with Gasteiger partial charge >= 0.3 is 0 Å². The number of aliphatic hydroxyl groups is 1. The Morgan fingerprint density at radius 2 is 1.90 bits per heavy atom. The molecule has 3 heterocycles. The Morgan fingerprint density at radius 3 is 2.58 bits per heavy atom. The first kappa shape index (κ1) is 20.8. The van der Waals surface area contributed by atoms with Crippen molar-refractivity contribution in [3.8, 4) is 0 Å². The highest BCUT2D eigenvalue weighted by Crippen LogP contribution is 2.38. The number of carbonyl (C=O) groups is 2. The standard InChI is InChI=1S/C24H25N3O4/c1-3-26(4-2)13-14-27-21(17-10-7-8-12-25-17)20(23(29)24(27)30)22(28)19-15-16-9-5-6-11-18(16)31-19/h5-12,15,21,29H,3-4,13-14H2,1-2H3/t21-/m0/s1. The predicted molar refractivity (Wildman–Crippen MR) is 117 cm³/mol. The van der Waals surface area contributed by atoms with Crippen molar-refractivity contribution in [1.29, 1.82) is 0 Å². The summed E-state index contributed by atoms with van der Waals surface area (Å²) >= 11 is 0. The van der Waals surface area contributed by atoms with Gasteiger partial charge in [-0.2, -0.15) is 0 Å². The zero-order chi connectivity index (χ0) is 22.0. The third kappa shape index (κ3) is 3.84. The summed E-state index contributed by atoms with van der Waals surface area (Å²) in [5.41, 5.74) is 1.10. The Hall–Kier alpha value is -3.45. The minimum Gasteiger partial charge on any atom is -0.503 e. The maximum Gasteiger partial charge on any atom is 0.290 e. The molecule has 0 aliphatic carbocycles. The first-order valence-corrected chi connectivity index (χ1v) is 10.5. The van der Waals surface area contributed by atoms with E-state index in [0.717, 1.165) is 18.5 Å². The molecule has 1 aromatic carbocycles. The van der Waals surface area contributed by atoms with Crippen molar-refractivity contribution in [1.82, 2.24) is 14.8 Å². The zero-order valence-electron chi connectivity index (χ0n) is 17.6. The number of fused-ring (bicyclic) bond motifs is 1. The molecule has 0 unspecified atom stereocenters. The summed E-state index contributed by atoms with van der Waals surface area (Å²) in [5, 5.41) is 11.5. The number of nitrogens with zero attached hydrogens (tertiary/aromatic N) is 3. The van der Waals surface area contributed by atoms with Crippen molar-refractivity contribution < 1.29 is 19.1 Å². The van der Waals surface area contributed by atoms with E-state index in [9.17, 15) is 14.7 Å². The molecule has 3 aromatic rings. The molecule has 0 fully saturated rings. The number of para-hydroxylation sites is 1. The van der Waals surface area contributed by atoms with Crippen LogP contribution >= 0.6 is 0 Å². The zero-order valence-corrected chi connectivity index (χ0v) is 17.6. The summed E-state index contributed by atoms with van der Waals surface area (Å²) < 4.78 is 5.72. The maximum absolute atomic E-state index is 13.4. The van der Waals surface area contributed by atoms with Crippen molar-refractivity contribution in [2.24, 2.45) is 0 Å². The lowest BCUT2D eigenvalue weighted by atomic mass is 9.98. The first-order valence-electron chi connectivity index (χ1n) is 10.5. The summed E-state index contributed by atoms with van der Waals surface area (Å²) in [7, 11) is 0. The number of Topliss-reactive ketones (excluding diaryl/α,β-unsaturated/α-hetero) is 1. The van der Waals surface area contributed by atoms with Gasteiger partial charge in [-0.1, -0.05) is 38.1 Å². The Kier molecular flexibility index (Phi) is 5.86. The van der Waals surface area contributed by atoms with E-state index in [4.69, 9.17) is 4.42 Å². The number of carbonyl (C=O) groups excluding carboxylic acids is 2. The van der Waals surface area contributed by atoms with Crippen LogP contribution in [0.25, 0.3) is 11.0 Å². The van der Waals surface area contributed by atoms with Gasteiger partial charge in [0.05, 0.1) is 11.3 Å². The lowest BCUT2D eigenvalue weighted by Gasteiger charge is -2.28. The molecular formula is C24H25N3O4. The monoisotopic (exact) mass is 419 g/mol. The minimum absolute atomic E-state index is 0.00213. The van der Waals surface area contributed by atoms with Gasteiger partial charge in [0.2, 0.25) is 5.78 Å². The van der Waals surface area contributed by atoms with Gasteiger partial charge in [0.15, 0.2) is 11.5 Å². The van der Waals surface area contributed by atoms with Crippen LogP contribution in [-0.4, -0.2) is 57.8 Å². The van der Waals surface area contributed by atoms with Crippen LogP contribution in [0.5, 0.6) is 0 Å². The van der Waals surface area contributed by atoms with E-state index in [2.05, 4.69) is 23.7 Å². The highest BCUT2D eigenvalue weighted by Gasteiger charge is 2.45. The first-order chi connectivity index (χ1) is 15.0. The number of ketones is 1. The number of amides is 1. The van der Waals surface area contributed by atoms with E-state index in [1.54, 1.807) is 36.5 Å². The highest BCUT2D eigenvalue weighted by atomic mass is 16.3. The highest BCUT2D eigenvalue weighted by molar-refractivity contribution is 6.15. The smallest absolute Gasteiger partial charge is 0.290 e. The van der Waals surface area contributed by atoms with E-state index in [1.165, 1.54) is 4.90 Å². The molecular weight excluding hydrogens is 394 g/mol. The summed E-state index contributed by atoms with van der Waals surface area (Å²) in [4.78, 5) is 34.5. The summed E-state index contributed by atoms with van der Waals surface area (Å²) in [5.74, 6) is -1.53. The third-order valence-electron chi connectivity index (χ3n) is 5.72. The van der Waals surface area contributed by atoms with Gasteiger partial charge in [-0.25, -0.2) is 0 Å². The van der Waals surface area contributed by atoms with Crippen molar-refractivity contribution >= 4 is 22.7 Å². The fourth-order valence-corrected chi connectivity index (χ4v) is 3.98. The maximum atomic E-state index is 13.4. The number of likely N-dealkylation sites (N-methyl/N-ethyl adjacent to an activating group) is 1. The molecule has 0 saturated carbocycles. The molecule has 1 aliphatic rings. The number of aliphatic hydroxyl groups excluding tert-OH is 1. The van der Waals surface area contributed by atoms with Crippen molar-refractivity contribution in [3.05, 3.63) is 77.5 Å². The number of hydrogen-bond acceptors (Lipinski definition) is 6. The largest absolute Gasteiger partial charge is 0.503 e. The van der Waals surface area contributed by atoms with Crippen molar-refractivity contribution in [2.75, 3.05) is 26.2 Å². The minimum atomic E-state index is -0.773. The van der Waals surface area contributed by atoms with Crippen LogP contribution in [0.4, 0.5) is 0 Å². The molecule has 2 aromatic heterocycles. The van der Waals surface area contributed by atoms with Crippen molar-refractivity contribution in [2.45, 2.75) is 19.9 Å². The molecule has 7 nitrogen and oxygen atoms in total. The van der Waals surface area contributed by atoms with E-state index >= 15 is 0 Å². The molecule has 4 rings (SSSR count). The van der Waals surface area contributed by atoms with Gasteiger partial charge in [0, 0.05) is 24.7 Å². The molecule has 0 spiro atoms. The molecule has 0 saturated heterocycles. The number of rotatable bonds is 8. The Morgan fingerprint density at radius 1 is 1.16 bits per heavy atom. The van der Waals surface area contributed by atoms with Gasteiger partial charge in [-0.05, 0) is 37.4 Å². The van der Waals surface area contributed by atoms with Crippen LogP contribution in [-0.2, 0) is 4.79 Å². The summed E-state index contributed by atoms with van der Waals surface area (Å²) in [6, 6.07) is 13.5. The number of benzene rings is 1. The Labute approximate surface area is 180 Å². The lowest BCUT2D eigenvalue weighted by molar-refractivity contribution is -0.129. The molecule has 7 heteroatoms. The van der Waals surface area contributed by atoms with Gasteiger partial charge in [0.25, 0.3) is 5.91 Å². The fraction of sp³-hybridized carbons (Fsp3) is 0.292. The van der Waals surface area contributed by atoms with Crippen molar-refractivity contribution in [3.63, 3.8) is 0 Å². The van der Waals surface area contributed by atoms with Crippen LogP contribution in [0.2, 0.25) is 0 Å². The summed E-state index contributed by atoms with van der Waals surface area (Å²) in [6.07, 6.45) is 1.61. The van der Waals surface area contributed by atoms with Gasteiger partial charge in [-0.3, -0.25) is 14.6 Å². The lowest BCUT2D eigenvalue weighted by Crippen LogP contribution is -2.38. The summed E-state index contributed by atoms with van der Waals surface area (Å²) in [6.45, 7) is 6.79. The van der Waals surface area contributed by atoms with E-state index in [1.807, 2.05) is 18.2 Å². The third-order valence-corrected chi connectivity index (χ3v) is 5.72. The second-order valence-corrected chi connectivity index (χ2v) is 7.42. The number of furan rings is 1. The normalized spacial score (nSPS) is 16.7. The second kappa shape index (κ2) is 8.73. The van der Waals surface area contributed by atoms with Gasteiger partial charge < -0.3 is 19.3 Å². The molecule has 1 amide bonds. The Bertz CT molecular complexity index is 1100. The average Bonchev–Trinajstić information content (AvgIpc) is 3.34. The SMILES string of the molecule is CCN(CC)CCN1C(=O)C(O)=C(C(=O)c2cc3ccccc3o2)[C@@H]1c1ccccn1. The number of aromatic nitrogens is 1. The molecule has 0 radical (unpaired) electrons.